The lowest BCUT2D eigenvalue weighted by molar-refractivity contribution is -0.139. The molecular weight excluding hydrogens is 234 g/mol. The van der Waals surface area contributed by atoms with E-state index < -0.39 is 29.8 Å². The monoisotopic (exact) mass is 252 g/mol. The fourth-order valence-electron chi connectivity index (χ4n) is 1.46. The standard InChI is InChI=1S/C10H18F2N2O3/c1-8(2,3)17-7(16)14-9(4-13-5-9)10(11,12)6-15/h13,15H,4-6H2,1-3H3,(H,14,16). The van der Waals surface area contributed by atoms with Crippen LogP contribution in [0.5, 0.6) is 0 Å². The van der Waals surface area contributed by atoms with E-state index in [1.54, 1.807) is 20.8 Å². The Bertz CT molecular complexity index is 298. The van der Waals surface area contributed by atoms with Gasteiger partial charge in [0, 0.05) is 13.1 Å². The largest absolute Gasteiger partial charge is 0.444 e. The number of aliphatic hydroxyl groups is 1. The van der Waals surface area contributed by atoms with Gasteiger partial charge in [0.2, 0.25) is 0 Å². The maximum Gasteiger partial charge on any atom is 0.408 e. The van der Waals surface area contributed by atoms with Gasteiger partial charge in [-0.2, -0.15) is 0 Å². The third kappa shape index (κ3) is 3.04. The minimum absolute atomic E-state index is 0.0974. The van der Waals surface area contributed by atoms with Crippen LogP contribution < -0.4 is 10.6 Å². The van der Waals surface area contributed by atoms with Gasteiger partial charge in [-0.05, 0) is 20.8 Å². The Morgan fingerprint density at radius 3 is 2.29 bits per heavy atom. The maximum absolute atomic E-state index is 13.5. The molecule has 0 unspecified atom stereocenters. The molecule has 1 aliphatic heterocycles. The van der Waals surface area contributed by atoms with Crippen LogP contribution in [0.3, 0.4) is 0 Å². The average Bonchev–Trinajstić information content (AvgIpc) is 2.08. The molecular formula is C10H18F2N2O3. The van der Waals surface area contributed by atoms with Crippen molar-refractivity contribution in [3.63, 3.8) is 0 Å². The van der Waals surface area contributed by atoms with Crippen molar-refractivity contribution in [2.75, 3.05) is 19.7 Å². The predicted molar refractivity (Wildman–Crippen MR) is 57.0 cm³/mol. The maximum atomic E-state index is 13.5. The molecule has 0 bridgehead atoms. The Balaban J connectivity index is 2.68. The lowest BCUT2D eigenvalue weighted by Gasteiger charge is -2.47. The summed E-state index contributed by atoms with van der Waals surface area (Å²) in [5, 5.41) is 13.5. The van der Waals surface area contributed by atoms with E-state index >= 15 is 0 Å². The topological polar surface area (TPSA) is 70.6 Å². The Hall–Kier alpha value is -0.950. The second kappa shape index (κ2) is 4.38. The van der Waals surface area contributed by atoms with Gasteiger partial charge in [-0.1, -0.05) is 0 Å². The second-order valence-corrected chi connectivity index (χ2v) is 5.18. The molecule has 3 N–H and O–H groups in total. The lowest BCUT2D eigenvalue weighted by atomic mass is 9.85. The van der Waals surface area contributed by atoms with Crippen LogP contribution in [0.15, 0.2) is 0 Å². The Kier molecular flexibility index (Phi) is 3.63. The van der Waals surface area contributed by atoms with E-state index in [1.165, 1.54) is 0 Å². The summed E-state index contributed by atoms with van der Waals surface area (Å²) in [4.78, 5) is 11.5. The van der Waals surface area contributed by atoms with E-state index in [1.807, 2.05) is 0 Å². The van der Waals surface area contributed by atoms with E-state index in [2.05, 4.69) is 10.6 Å². The minimum Gasteiger partial charge on any atom is -0.444 e. The quantitative estimate of drug-likeness (QED) is 0.683. The van der Waals surface area contributed by atoms with Crippen molar-refractivity contribution < 1.29 is 23.4 Å². The molecule has 0 aromatic rings. The first-order chi connectivity index (χ1) is 7.62. The number of alkyl halides is 2. The highest BCUT2D eigenvalue weighted by Crippen LogP contribution is 2.32. The first-order valence-corrected chi connectivity index (χ1v) is 5.32. The molecule has 0 radical (unpaired) electrons. The number of nitrogens with one attached hydrogen (secondary N) is 2. The Morgan fingerprint density at radius 1 is 1.47 bits per heavy atom. The SMILES string of the molecule is CC(C)(C)OC(=O)NC1(C(F)(F)CO)CNC1. The highest BCUT2D eigenvalue weighted by molar-refractivity contribution is 5.69. The number of hydrogen-bond donors (Lipinski definition) is 3. The molecule has 1 heterocycles. The number of carbonyl (C=O) groups excluding carboxylic acids is 1. The van der Waals surface area contributed by atoms with Gasteiger partial charge in [0.05, 0.1) is 0 Å². The van der Waals surface area contributed by atoms with Crippen molar-refractivity contribution in [2.45, 2.75) is 37.8 Å². The van der Waals surface area contributed by atoms with Crippen molar-refractivity contribution in [1.82, 2.24) is 10.6 Å². The van der Waals surface area contributed by atoms with Crippen molar-refractivity contribution >= 4 is 6.09 Å². The molecule has 0 aliphatic carbocycles. The second-order valence-electron chi connectivity index (χ2n) is 5.18. The molecule has 7 heteroatoms. The van der Waals surface area contributed by atoms with Crippen molar-refractivity contribution in [2.24, 2.45) is 0 Å². The molecule has 0 atom stereocenters. The number of rotatable bonds is 3. The summed E-state index contributed by atoms with van der Waals surface area (Å²) in [6.45, 7) is 3.41. The van der Waals surface area contributed by atoms with Crippen molar-refractivity contribution in [3.05, 3.63) is 0 Å². The minimum atomic E-state index is -3.38. The molecule has 0 spiro atoms. The number of ether oxygens (including phenoxy) is 1. The van der Waals surface area contributed by atoms with E-state index in [4.69, 9.17) is 9.84 Å². The van der Waals surface area contributed by atoms with Crippen LogP contribution in [0.4, 0.5) is 13.6 Å². The molecule has 17 heavy (non-hydrogen) atoms. The highest BCUT2D eigenvalue weighted by Gasteiger charge is 2.58. The Morgan fingerprint density at radius 2 is 2.00 bits per heavy atom. The summed E-state index contributed by atoms with van der Waals surface area (Å²) in [6.07, 6.45) is -0.910. The lowest BCUT2D eigenvalue weighted by Crippen LogP contribution is -2.78. The third-order valence-electron chi connectivity index (χ3n) is 2.49. The van der Waals surface area contributed by atoms with E-state index in [-0.39, 0.29) is 13.1 Å². The molecule has 0 aromatic carbocycles. The average molecular weight is 252 g/mol. The van der Waals surface area contributed by atoms with Crippen LogP contribution in [0.2, 0.25) is 0 Å². The molecule has 0 aromatic heterocycles. The molecule has 0 saturated carbocycles. The van der Waals surface area contributed by atoms with Crippen LogP contribution in [0.1, 0.15) is 20.8 Å². The summed E-state index contributed by atoms with van der Waals surface area (Å²) in [6, 6.07) is 0. The molecule has 1 rings (SSSR count). The van der Waals surface area contributed by atoms with Gasteiger partial charge < -0.3 is 20.5 Å². The van der Waals surface area contributed by atoms with Gasteiger partial charge in [-0.25, -0.2) is 13.6 Å². The molecule has 1 aliphatic rings. The zero-order chi connectivity index (χ0) is 13.3. The van der Waals surface area contributed by atoms with E-state index in [9.17, 15) is 13.6 Å². The summed E-state index contributed by atoms with van der Waals surface area (Å²) in [5.74, 6) is -3.38. The molecule has 1 amide bonds. The molecule has 5 nitrogen and oxygen atoms in total. The first-order valence-electron chi connectivity index (χ1n) is 5.32. The molecule has 1 fully saturated rings. The van der Waals surface area contributed by atoms with Crippen LogP contribution >= 0.6 is 0 Å². The van der Waals surface area contributed by atoms with Crippen LogP contribution in [0.25, 0.3) is 0 Å². The van der Waals surface area contributed by atoms with Crippen LogP contribution in [-0.2, 0) is 4.74 Å². The summed E-state index contributed by atoms with van der Waals surface area (Å²) in [5.41, 5.74) is -2.51. The normalized spacial score (nSPS) is 19.4. The van der Waals surface area contributed by atoms with Gasteiger partial charge in [-0.3, -0.25) is 0 Å². The number of alkyl carbamates (subject to hydrolysis) is 1. The zero-order valence-corrected chi connectivity index (χ0v) is 10.1. The van der Waals surface area contributed by atoms with Gasteiger partial charge in [0.1, 0.15) is 17.7 Å². The van der Waals surface area contributed by atoms with E-state index in [0.717, 1.165) is 0 Å². The van der Waals surface area contributed by atoms with Crippen molar-refractivity contribution in [1.29, 1.82) is 0 Å². The summed E-state index contributed by atoms with van der Waals surface area (Å²) >= 11 is 0. The number of hydrogen-bond acceptors (Lipinski definition) is 4. The van der Waals surface area contributed by atoms with Crippen LogP contribution in [-0.4, -0.2) is 48.0 Å². The highest BCUT2D eigenvalue weighted by atomic mass is 19.3. The van der Waals surface area contributed by atoms with Crippen LogP contribution in [0, 0.1) is 0 Å². The summed E-state index contributed by atoms with van der Waals surface area (Å²) in [7, 11) is 0. The Labute approximate surface area is 98.5 Å². The number of carbonyl (C=O) groups is 1. The first kappa shape index (κ1) is 14.1. The zero-order valence-electron chi connectivity index (χ0n) is 10.1. The fraction of sp³-hybridized carbons (Fsp3) is 0.900. The smallest absolute Gasteiger partial charge is 0.408 e. The number of halogens is 2. The van der Waals surface area contributed by atoms with Gasteiger partial charge in [-0.15, -0.1) is 0 Å². The van der Waals surface area contributed by atoms with Gasteiger partial charge in [0.25, 0.3) is 5.92 Å². The van der Waals surface area contributed by atoms with Crippen molar-refractivity contribution in [3.8, 4) is 0 Å². The van der Waals surface area contributed by atoms with Gasteiger partial charge >= 0.3 is 6.09 Å². The number of aliphatic hydroxyl groups excluding tert-OH is 1. The predicted octanol–water partition coefficient (Wildman–Crippen LogP) is 0.481. The van der Waals surface area contributed by atoms with E-state index in [0.29, 0.717) is 0 Å². The van der Waals surface area contributed by atoms with Gasteiger partial charge in [0.15, 0.2) is 0 Å². The third-order valence-corrected chi connectivity index (χ3v) is 2.49. The molecule has 1 saturated heterocycles. The fourth-order valence-corrected chi connectivity index (χ4v) is 1.46. The summed E-state index contributed by atoms with van der Waals surface area (Å²) < 4.78 is 31.9. The molecule has 100 valence electrons. The number of amides is 1.